The number of imide groups is 2. The van der Waals surface area contributed by atoms with E-state index >= 15 is 0 Å². The fourth-order valence-electron chi connectivity index (χ4n) is 2.47. The molecule has 1 saturated heterocycles. The van der Waals surface area contributed by atoms with Gasteiger partial charge in [0.1, 0.15) is 17.4 Å². The molecular weight excluding hydrogens is 334 g/mol. The molecule has 1 fully saturated rings. The lowest BCUT2D eigenvalue weighted by molar-refractivity contribution is -0.122. The first-order valence-electron chi connectivity index (χ1n) is 7.67. The zero-order valence-corrected chi connectivity index (χ0v) is 13.5. The lowest BCUT2D eigenvalue weighted by Crippen LogP contribution is -2.54. The van der Waals surface area contributed by atoms with E-state index < -0.39 is 17.8 Å². The smallest absolute Gasteiger partial charge is 0.335 e. The number of carbonyl (C=O) groups excluding carboxylic acids is 3. The van der Waals surface area contributed by atoms with Gasteiger partial charge in [0.05, 0.1) is 5.69 Å². The zero-order valence-electron chi connectivity index (χ0n) is 13.5. The van der Waals surface area contributed by atoms with Crippen molar-refractivity contribution in [2.45, 2.75) is 0 Å². The average molecular weight is 347 g/mol. The van der Waals surface area contributed by atoms with Gasteiger partial charge in [-0.1, -0.05) is 36.4 Å². The van der Waals surface area contributed by atoms with Gasteiger partial charge in [-0.3, -0.25) is 14.9 Å². The topological polar surface area (TPSA) is 99.5 Å². The minimum absolute atomic E-state index is 0.172. The number of benzene rings is 2. The van der Waals surface area contributed by atoms with Crippen molar-refractivity contribution in [2.24, 2.45) is 0 Å². The molecule has 0 bridgehead atoms. The molecule has 0 radical (unpaired) electrons. The molecule has 7 heteroatoms. The molecule has 4 amide bonds. The van der Waals surface area contributed by atoms with E-state index in [2.05, 4.69) is 5.32 Å². The number of para-hydroxylation sites is 2. The summed E-state index contributed by atoms with van der Waals surface area (Å²) in [7, 11) is 0. The monoisotopic (exact) mass is 347 g/mol. The van der Waals surface area contributed by atoms with Gasteiger partial charge in [-0.2, -0.15) is 5.26 Å². The van der Waals surface area contributed by atoms with E-state index in [1.165, 1.54) is 6.08 Å². The molecule has 3 rings (SSSR count). The maximum atomic E-state index is 12.8. The van der Waals surface area contributed by atoms with E-state index in [-0.39, 0.29) is 12.2 Å². The molecule has 0 spiro atoms. The van der Waals surface area contributed by atoms with E-state index in [1.807, 2.05) is 6.07 Å². The fraction of sp³-hybridized carbons (Fsp3) is 0.0526. The number of barbiturate groups is 1. The minimum atomic E-state index is -0.808. The Balaban J connectivity index is 2.00. The maximum Gasteiger partial charge on any atom is 0.335 e. The van der Waals surface area contributed by atoms with Crippen molar-refractivity contribution in [2.75, 3.05) is 11.5 Å². The number of nitrogens with zero attached hydrogens (tertiary/aromatic N) is 2. The molecule has 128 valence electrons. The van der Waals surface area contributed by atoms with Gasteiger partial charge in [-0.15, -0.1) is 0 Å². The van der Waals surface area contributed by atoms with Gasteiger partial charge in [0.2, 0.25) is 0 Å². The summed E-state index contributed by atoms with van der Waals surface area (Å²) in [5.41, 5.74) is 0.590. The number of nitriles is 1. The van der Waals surface area contributed by atoms with Gasteiger partial charge in [0.25, 0.3) is 11.8 Å². The highest BCUT2D eigenvalue weighted by Gasteiger charge is 2.36. The molecule has 26 heavy (non-hydrogen) atoms. The number of rotatable bonds is 4. The predicted molar refractivity (Wildman–Crippen MR) is 93.0 cm³/mol. The van der Waals surface area contributed by atoms with Crippen LogP contribution in [0, 0.1) is 11.3 Å². The highest BCUT2D eigenvalue weighted by atomic mass is 16.5. The Bertz CT molecular complexity index is 945. The van der Waals surface area contributed by atoms with Crippen molar-refractivity contribution in [3.05, 3.63) is 65.7 Å². The highest BCUT2D eigenvalue weighted by molar-refractivity contribution is 6.39. The molecule has 2 aromatic rings. The van der Waals surface area contributed by atoms with Crippen LogP contribution in [0.1, 0.15) is 5.56 Å². The van der Waals surface area contributed by atoms with E-state index in [9.17, 15) is 14.4 Å². The first kappa shape index (κ1) is 16.9. The number of hydrogen-bond donors (Lipinski definition) is 1. The van der Waals surface area contributed by atoms with Crippen LogP contribution in [0.15, 0.2) is 60.2 Å². The Morgan fingerprint density at radius 2 is 1.73 bits per heavy atom. The van der Waals surface area contributed by atoms with Crippen molar-refractivity contribution in [3.63, 3.8) is 0 Å². The van der Waals surface area contributed by atoms with Gasteiger partial charge in [0.15, 0.2) is 6.61 Å². The summed E-state index contributed by atoms with van der Waals surface area (Å²) in [6.07, 6.45) is 1.34. The second-order valence-corrected chi connectivity index (χ2v) is 5.28. The molecule has 0 atom stereocenters. The van der Waals surface area contributed by atoms with E-state index in [0.717, 1.165) is 4.90 Å². The third kappa shape index (κ3) is 3.30. The molecular formula is C19H13N3O4. The van der Waals surface area contributed by atoms with Crippen LogP contribution in [-0.4, -0.2) is 24.5 Å². The lowest BCUT2D eigenvalue weighted by Gasteiger charge is -2.26. The van der Waals surface area contributed by atoms with Gasteiger partial charge in [-0.05, 0) is 24.3 Å². The van der Waals surface area contributed by atoms with Gasteiger partial charge in [-0.25, -0.2) is 9.69 Å². The van der Waals surface area contributed by atoms with Crippen LogP contribution in [0.5, 0.6) is 5.75 Å². The molecule has 1 aliphatic rings. The normalized spacial score (nSPS) is 15.6. The minimum Gasteiger partial charge on any atom is -0.478 e. The summed E-state index contributed by atoms with van der Waals surface area (Å²) >= 11 is 0. The summed E-state index contributed by atoms with van der Waals surface area (Å²) in [6.45, 7) is -0.172. The summed E-state index contributed by atoms with van der Waals surface area (Å²) in [5, 5.41) is 10.8. The van der Waals surface area contributed by atoms with Crippen LogP contribution in [-0.2, 0) is 9.59 Å². The predicted octanol–water partition coefficient (Wildman–Crippen LogP) is 2.26. The Morgan fingerprint density at radius 1 is 1.04 bits per heavy atom. The number of carbonyl (C=O) groups is 3. The Labute approximate surface area is 149 Å². The van der Waals surface area contributed by atoms with Crippen LogP contribution in [0.25, 0.3) is 6.08 Å². The molecule has 0 aliphatic carbocycles. The second kappa shape index (κ2) is 7.32. The van der Waals surface area contributed by atoms with E-state index in [1.54, 1.807) is 54.6 Å². The van der Waals surface area contributed by atoms with Crippen LogP contribution >= 0.6 is 0 Å². The van der Waals surface area contributed by atoms with Crippen LogP contribution in [0.4, 0.5) is 10.5 Å². The Hall–Kier alpha value is -3.92. The van der Waals surface area contributed by atoms with Gasteiger partial charge >= 0.3 is 6.03 Å². The Kier molecular flexibility index (Phi) is 4.76. The standard InChI is InChI=1S/C19H13N3O4/c20-10-11-26-16-9-5-4-6-13(16)12-15-17(23)21-19(25)22(18(15)24)14-7-2-1-3-8-14/h1-9,12H,11H2,(H,21,23,25)/b15-12+. The molecule has 0 saturated carbocycles. The molecule has 0 unspecified atom stereocenters. The summed E-state index contributed by atoms with van der Waals surface area (Å²) in [6, 6.07) is 16.0. The third-order valence-corrected chi connectivity index (χ3v) is 3.63. The lowest BCUT2D eigenvalue weighted by atomic mass is 10.1. The largest absolute Gasteiger partial charge is 0.478 e. The number of nitrogens with one attached hydrogen (secondary N) is 1. The second-order valence-electron chi connectivity index (χ2n) is 5.28. The highest BCUT2D eigenvalue weighted by Crippen LogP contribution is 2.25. The van der Waals surface area contributed by atoms with Crippen molar-refractivity contribution >= 4 is 29.6 Å². The van der Waals surface area contributed by atoms with Crippen molar-refractivity contribution in [1.82, 2.24) is 5.32 Å². The number of hydrogen-bond acceptors (Lipinski definition) is 5. The molecule has 0 aromatic heterocycles. The number of urea groups is 1. The number of amides is 4. The fourth-order valence-corrected chi connectivity index (χ4v) is 2.47. The quantitative estimate of drug-likeness (QED) is 0.675. The SMILES string of the molecule is N#CCOc1ccccc1/C=C1\C(=O)NC(=O)N(c2ccccc2)C1=O. The summed E-state index contributed by atoms with van der Waals surface area (Å²) < 4.78 is 5.30. The Morgan fingerprint density at radius 3 is 2.46 bits per heavy atom. The summed E-state index contributed by atoms with van der Waals surface area (Å²) in [5.74, 6) is -1.17. The molecule has 1 N–H and O–H groups in total. The van der Waals surface area contributed by atoms with Crippen LogP contribution in [0.3, 0.4) is 0 Å². The molecule has 1 aliphatic heterocycles. The first-order valence-corrected chi connectivity index (χ1v) is 7.67. The van der Waals surface area contributed by atoms with Crippen molar-refractivity contribution in [1.29, 1.82) is 5.26 Å². The molecule has 1 heterocycles. The molecule has 2 aromatic carbocycles. The van der Waals surface area contributed by atoms with Crippen LogP contribution < -0.4 is 15.0 Å². The third-order valence-electron chi connectivity index (χ3n) is 3.63. The number of ether oxygens (including phenoxy) is 1. The summed E-state index contributed by atoms with van der Waals surface area (Å²) in [4.78, 5) is 37.9. The van der Waals surface area contributed by atoms with Crippen LogP contribution in [0.2, 0.25) is 0 Å². The van der Waals surface area contributed by atoms with Gasteiger partial charge < -0.3 is 4.74 Å². The van der Waals surface area contributed by atoms with Gasteiger partial charge in [0, 0.05) is 5.56 Å². The average Bonchev–Trinajstić information content (AvgIpc) is 2.65. The number of anilines is 1. The van der Waals surface area contributed by atoms with Crippen molar-refractivity contribution < 1.29 is 19.1 Å². The van der Waals surface area contributed by atoms with E-state index in [4.69, 9.17) is 10.00 Å². The molecule has 7 nitrogen and oxygen atoms in total. The van der Waals surface area contributed by atoms with E-state index in [0.29, 0.717) is 17.0 Å². The maximum absolute atomic E-state index is 12.8. The first-order chi connectivity index (χ1) is 12.6. The zero-order chi connectivity index (χ0) is 18.5. The van der Waals surface area contributed by atoms with Crippen molar-refractivity contribution in [3.8, 4) is 11.8 Å².